The van der Waals surface area contributed by atoms with E-state index in [-0.39, 0.29) is 0 Å². The lowest BCUT2D eigenvalue weighted by atomic mass is 9.81. The first kappa shape index (κ1) is 25.2. The lowest BCUT2D eigenvalue weighted by Crippen LogP contribution is -2.37. The van der Waals surface area contributed by atoms with Crippen molar-refractivity contribution in [1.29, 1.82) is 0 Å². The van der Waals surface area contributed by atoms with Crippen molar-refractivity contribution in [3.8, 4) is 21.0 Å². The van der Waals surface area contributed by atoms with Gasteiger partial charge in [-0.3, -0.25) is 9.88 Å². The first-order chi connectivity index (χ1) is 18.7. The van der Waals surface area contributed by atoms with Gasteiger partial charge >= 0.3 is 5.97 Å². The van der Waals surface area contributed by atoms with E-state index in [0.29, 0.717) is 10.8 Å². The van der Waals surface area contributed by atoms with Crippen LogP contribution >= 0.6 is 22.7 Å². The molecule has 0 aliphatic carbocycles. The van der Waals surface area contributed by atoms with Gasteiger partial charge in [-0.2, -0.15) is 0 Å². The van der Waals surface area contributed by atoms with Gasteiger partial charge in [-0.25, -0.2) is 4.79 Å². The molecule has 0 unspecified atom stereocenters. The monoisotopic (exact) mass is 541 g/mol. The van der Waals surface area contributed by atoms with Crippen LogP contribution in [0.2, 0.25) is 0 Å². The van der Waals surface area contributed by atoms with E-state index in [0.717, 1.165) is 73.7 Å². The fraction of sp³-hybridized carbons (Fsp3) is 0.290. The predicted octanol–water partition coefficient (Wildman–Crippen LogP) is 6.90. The molecule has 0 radical (unpaired) electrons. The van der Waals surface area contributed by atoms with E-state index in [2.05, 4.69) is 63.0 Å². The maximum Gasteiger partial charge on any atom is 0.346 e. The first-order valence-corrected chi connectivity index (χ1v) is 14.9. The minimum atomic E-state index is -0.829. The maximum atomic E-state index is 12.4. The molecule has 3 aromatic heterocycles. The van der Waals surface area contributed by atoms with Crippen molar-refractivity contribution in [2.45, 2.75) is 25.8 Å². The number of piperidine rings is 1. The molecule has 0 bridgehead atoms. The summed E-state index contributed by atoms with van der Waals surface area (Å²) < 4.78 is 0. The molecule has 6 rings (SSSR count). The summed E-state index contributed by atoms with van der Waals surface area (Å²) >= 11 is 3.12. The molecule has 7 heteroatoms. The van der Waals surface area contributed by atoms with Crippen LogP contribution in [0.1, 0.15) is 40.1 Å². The fourth-order valence-corrected chi connectivity index (χ4v) is 7.47. The van der Waals surface area contributed by atoms with Crippen molar-refractivity contribution in [3.05, 3.63) is 93.8 Å². The third-order valence-electron chi connectivity index (χ3n) is 7.61. The third kappa shape index (κ3) is 5.38. The quantitative estimate of drug-likeness (QED) is 0.267. The summed E-state index contributed by atoms with van der Waals surface area (Å²) in [6, 6.07) is 20.8. The first-order valence-electron chi connectivity index (χ1n) is 13.2. The number of aromatic nitrogens is 1. The van der Waals surface area contributed by atoms with E-state index < -0.39 is 5.97 Å². The number of pyridine rings is 1. The van der Waals surface area contributed by atoms with Gasteiger partial charge in [0.15, 0.2) is 0 Å². The van der Waals surface area contributed by atoms with Gasteiger partial charge in [-0.15, -0.1) is 22.7 Å². The number of carboxylic acids is 1. The number of carbonyl (C=O) groups is 1. The predicted molar refractivity (Wildman–Crippen MR) is 157 cm³/mol. The normalized spacial score (nSPS) is 17.2. The molecule has 0 amide bonds. The molecular formula is C31H31N3O2S2. The molecule has 1 saturated heterocycles. The van der Waals surface area contributed by atoms with Crippen LogP contribution in [-0.4, -0.2) is 47.1 Å². The van der Waals surface area contributed by atoms with E-state index in [4.69, 9.17) is 0 Å². The number of hydrogen-bond donors (Lipinski definition) is 2. The zero-order chi connectivity index (χ0) is 25.9. The average molecular weight is 542 g/mol. The summed E-state index contributed by atoms with van der Waals surface area (Å²) in [5, 5.41) is 15.8. The van der Waals surface area contributed by atoms with Gasteiger partial charge in [0.1, 0.15) is 4.88 Å². The van der Waals surface area contributed by atoms with Crippen LogP contribution < -0.4 is 5.32 Å². The van der Waals surface area contributed by atoms with Crippen molar-refractivity contribution < 1.29 is 9.90 Å². The van der Waals surface area contributed by atoms with E-state index in [1.165, 1.54) is 32.9 Å². The van der Waals surface area contributed by atoms with Gasteiger partial charge in [0.25, 0.3) is 0 Å². The van der Waals surface area contributed by atoms with Crippen LogP contribution in [-0.2, 0) is 6.54 Å². The minimum Gasteiger partial charge on any atom is -0.477 e. The van der Waals surface area contributed by atoms with Crippen LogP contribution in [0.4, 0.5) is 0 Å². The van der Waals surface area contributed by atoms with Crippen molar-refractivity contribution in [3.63, 3.8) is 0 Å². The lowest BCUT2D eigenvalue weighted by Gasteiger charge is -2.36. The number of nitrogens with zero attached hydrogens (tertiary/aromatic N) is 2. The van der Waals surface area contributed by atoms with E-state index >= 15 is 0 Å². The number of thiophene rings is 2. The average Bonchev–Trinajstić information content (AvgIpc) is 3.66. The van der Waals surface area contributed by atoms with Gasteiger partial charge in [0.05, 0.1) is 10.6 Å². The molecule has 1 fully saturated rings. The zero-order valence-corrected chi connectivity index (χ0v) is 22.9. The molecule has 2 aliphatic rings. The molecule has 194 valence electrons. The summed E-state index contributed by atoms with van der Waals surface area (Å²) in [5.41, 5.74) is 7.00. The third-order valence-corrected chi connectivity index (χ3v) is 9.67. The van der Waals surface area contributed by atoms with Crippen LogP contribution in [0.3, 0.4) is 0 Å². The van der Waals surface area contributed by atoms with Gasteiger partial charge in [0, 0.05) is 36.3 Å². The molecule has 2 N–H and O–H groups in total. The fourth-order valence-electron chi connectivity index (χ4n) is 5.74. The van der Waals surface area contributed by atoms with Crippen LogP contribution in [0.5, 0.6) is 0 Å². The zero-order valence-electron chi connectivity index (χ0n) is 21.2. The maximum absolute atomic E-state index is 12.4. The van der Waals surface area contributed by atoms with Crippen LogP contribution in [0.15, 0.2) is 77.8 Å². The number of rotatable bonds is 7. The minimum absolute atomic E-state index is 0.466. The lowest BCUT2D eigenvalue weighted by molar-refractivity contribution is 0.0702. The molecule has 0 spiro atoms. The second-order valence-corrected chi connectivity index (χ2v) is 12.0. The molecule has 5 nitrogen and oxygen atoms in total. The smallest absolute Gasteiger partial charge is 0.346 e. The summed E-state index contributed by atoms with van der Waals surface area (Å²) in [6.45, 7) is 4.69. The van der Waals surface area contributed by atoms with Gasteiger partial charge in [-0.1, -0.05) is 36.4 Å². The largest absolute Gasteiger partial charge is 0.477 e. The molecule has 1 aromatic carbocycles. The van der Waals surface area contributed by atoms with Crippen LogP contribution in [0, 0.1) is 5.92 Å². The van der Waals surface area contributed by atoms with Crippen molar-refractivity contribution in [2.24, 2.45) is 5.92 Å². The Balaban J connectivity index is 1.33. The Kier molecular flexibility index (Phi) is 7.51. The van der Waals surface area contributed by atoms with E-state index in [9.17, 15) is 9.90 Å². The second-order valence-electron chi connectivity index (χ2n) is 10.0. The van der Waals surface area contributed by atoms with E-state index in [1.807, 2.05) is 24.4 Å². The highest BCUT2D eigenvalue weighted by atomic mass is 32.1. The molecule has 4 aromatic rings. The summed E-state index contributed by atoms with van der Waals surface area (Å²) in [7, 11) is 0. The van der Waals surface area contributed by atoms with Gasteiger partial charge in [-0.05, 0) is 90.2 Å². The Morgan fingerprint density at radius 3 is 2.66 bits per heavy atom. The topological polar surface area (TPSA) is 65.5 Å². The molecule has 2 aliphatic heterocycles. The van der Waals surface area contributed by atoms with Gasteiger partial charge < -0.3 is 10.4 Å². The standard InChI is InChI=1S/C31H31N3O2S2/c35-31(36)30-25(18-29(38-30)23-5-2-1-3-6-23)24-11-15-34(20-26(24)22-9-12-32-13-10-22)19-21-8-14-33-27(17-21)28-7-4-16-37-28/h1-8,14,16-18,22,32H,9-13,15,19-20H2,(H,35,36). The Bertz CT molecular complexity index is 1440. The molecule has 38 heavy (non-hydrogen) atoms. The summed E-state index contributed by atoms with van der Waals surface area (Å²) in [5.74, 6) is -0.348. The second kappa shape index (κ2) is 11.3. The van der Waals surface area contributed by atoms with E-state index in [1.54, 1.807) is 11.3 Å². The number of hydrogen-bond acceptors (Lipinski definition) is 6. The molecule has 0 saturated carbocycles. The SMILES string of the molecule is O=C(O)c1sc(-c2ccccc2)cc1C1=C(C2CCNCC2)CN(Cc2ccnc(-c3cccs3)c2)CC1. The highest BCUT2D eigenvalue weighted by Gasteiger charge is 2.30. The van der Waals surface area contributed by atoms with Crippen LogP contribution in [0.25, 0.3) is 26.6 Å². The number of carboxylic acid groups (broad SMARTS) is 1. The summed E-state index contributed by atoms with van der Waals surface area (Å²) in [6.07, 6.45) is 4.98. The Morgan fingerprint density at radius 2 is 1.89 bits per heavy atom. The Hall–Kier alpha value is -3.10. The van der Waals surface area contributed by atoms with Gasteiger partial charge in [0.2, 0.25) is 0 Å². The molecule has 5 heterocycles. The molecular weight excluding hydrogens is 510 g/mol. The van der Waals surface area contributed by atoms with Crippen molar-refractivity contribution >= 4 is 34.2 Å². The molecule has 0 atom stereocenters. The summed E-state index contributed by atoms with van der Waals surface area (Å²) in [4.78, 5) is 22.2. The van der Waals surface area contributed by atoms with Crippen molar-refractivity contribution in [1.82, 2.24) is 15.2 Å². The van der Waals surface area contributed by atoms with Crippen molar-refractivity contribution in [2.75, 3.05) is 26.2 Å². The number of nitrogens with one attached hydrogen (secondary N) is 1. The Labute approximate surface area is 231 Å². The Morgan fingerprint density at radius 1 is 1.05 bits per heavy atom. The highest BCUT2D eigenvalue weighted by molar-refractivity contribution is 7.17. The highest BCUT2D eigenvalue weighted by Crippen LogP contribution is 2.42. The number of benzene rings is 1. The number of aromatic carboxylic acids is 1.